The molecular weight excluding hydrogens is 314 g/mol. The molecule has 0 N–H and O–H groups in total. The number of allylic oxidation sites excluding steroid dienone is 1. The molecule has 126 valence electrons. The van der Waals surface area contributed by atoms with Crippen LogP contribution >= 0.6 is 0 Å². The van der Waals surface area contributed by atoms with Crippen molar-refractivity contribution in [3.05, 3.63) is 71.9 Å². The third-order valence-electron chi connectivity index (χ3n) is 4.41. The molecule has 1 saturated heterocycles. The number of nitrogens with zero attached hydrogens (tertiary/aromatic N) is 1. The zero-order valence-electron chi connectivity index (χ0n) is 14.0. The van der Waals surface area contributed by atoms with Crippen molar-refractivity contribution in [2.24, 2.45) is 0 Å². The van der Waals surface area contributed by atoms with E-state index in [1.54, 1.807) is 37.5 Å². The number of aromatic nitrogens is 1. The number of ketones is 1. The number of ether oxygens (including phenoxy) is 2. The van der Waals surface area contributed by atoms with Gasteiger partial charge in [-0.3, -0.25) is 4.79 Å². The Morgan fingerprint density at radius 1 is 1.24 bits per heavy atom. The average molecular weight is 333 g/mol. The number of hydrogen-bond acceptors (Lipinski definition) is 3. The van der Waals surface area contributed by atoms with Crippen LogP contribution in [0.3, 0.4) is 0 Å². The normalized spacial score (nSPS) is 16.4. The van der Waals surface area contributed by atoms with E-state index >= 15 is 0 Å². The third-order valence-corrected chi connectivity index (χ3v) is 4.41. The number of fused-ring (bicyclic) bond motifs is 1. The highest BCUT2D eigenvalue weighted by atomic mass is 16.6. The molecule has 1 aliphatic heterocycles. The molecule has 0 bridgehead atoms. The molecule has 1 atom stereocenters. The Kier molecular flexibility index (Phi) is 4.12. The molecule has 3 aromatic rings. The summed E-state index contributed by atoms with van der Waals surface area (Å²) in [5.41, 5.74) is 2.85. The Balaban J connectivity index is 1.60. The summed E-state index contributed by atoms with van der Waals surface area (Å²) in [6.45, 7) is 1.68. The Bertz CT molecular complexity index is 933. The number of benzene rings is 2. The van der Waals surface area contributed by atoms with Gasteiger partial charge in [-0.1, -0.05) is 18.2 Å². The maximum Gasteiger partial charge on any atom is 0.185 e. The SMILES string of the molecule is COc1ccc(C(=O)/C=C/c2cn(CC3CO3)c3ccccc23)cc1. The predicted molar refractivity (Wildman–Crippen MR) is 98.0 cm³/mol. The van der Waals surface area contributed by atoms with E-state index in [4.69, 9.17) is 9.47 Å². The first-order valence-corrected chi connectivity index (χ1v) is 8.30. The molecule has 4 heteroatoms. The van der Waals surface area contributed by atoms with Gasteiger partial charge < -0.3 is 14.0 Å². The second-order valence-electron chi connectivity index (χ2n) is 6.14. The van der Waals surface area contributed by atoms with Crippen molar-refractivity contribution in [3.63, 3.8) is 0 Å². The lowest BCUT2D eigenvalue weighted by Crippen LogP contribution is -2.01. The molecule has 1 aliphatic rings. The monoisotopic (exact) mass is 333 g/mol. The highest BCUT2D eigenvalue weighted by molar-refractivity contribution is 6.07. The van der Waals surface area contributed by atoms with Gasteiger partial charge in [0.2, 0.25) is 0 Å². The van der Waals surface area contributed by atoms with Crippen molar-refractivity contribution in [2.75, 3.05) is 13.7 Å². The summed E-state index contributed by atoms with van der Waals surface area (Å²) in [6, 6.07) is 15.4. The Labute approximate surface area is 146 Å². The summed E-state index contributed by atoms with van der Waals surface area (Å²) in [4.78, 5) is 12.4. The summed E-state index contributed by atoms with van der Waals surface area (Å²) >= 11 is 0. The highest BCUT2D eigenvalue weighted by Gasteiger charge is 2.23. The van der Waals surface area contributed by atoms with Crippen LogP contribution in [0.5, 0.6) is 5.75 Å². The van der Waals surface area contributed by atoms with Gasteiger partial charge >= 0.3 is 0 Å². The minimum atomic E-state index is -0.0231. The van der Waals surface area contributed by atoms with Crippen LogP contribution in [0.2, 0.25) is 0 Å². The standard InChI is InChI=1S/C21H19NO3/c1-24-17-9-6-15(7-10-17)21(23)11-8-16-12-22(13-18-14-25-18)20-5-3-2-4-19(16)20/h2-12,18H,13-14H2,1H3/b11-8+. The Morgan fingerprint density at radius 3 is 2.72 bits per heavy atom. The molecule has 1 unspecified atom stereocenters. The maximum absolute atomic E-state index is 12.4. The zero-order valence-corrected chi connectivity index (χ0v) is 14.0. The molecule has 1 fully saturated rings. The first-order valence-electron chi connectivity index (χ1n) is 8.30. The van der Waals surface area contributed by atoms with Gasteiger partial charge in [0.1, 0.15) is 5.75 Å². The summed E-state index contributed by atoms with van der Waals surface area (Å²) in [5, 5.41) is 1.14. The maximum atomic E-state index is 12.4. The fourth-order valence-corrected chi connectivity index (χ4v) is 2.97. The number of hydrogen-bond donors (Lipinski definition) is 0. The van der Waals surface area contributed by atoms with Crippen LogP contribution in [-0.4, -0.2) is 30.2 Å². The van der Waals surface area contributed by atoms with Gasteiger partial charge in [0.25, 0.3) is 0 Å². The van der Waals surface area contributed by atoms with E-state index in [1.165, 1.54) is 0 Å². The fraction of sp³-hybridized carbons (Fsp3) is 0.190. The molecule has 4 nitrogen and oxygen atoms in total. The first-order chi connectivity index (χ1) is 12.2. The van der Waals surface area contributed by atoms with Crippen LogP contribution in [-0.2, 0) is 11.3 Å². The Hall–Kier alpha value is -2.85. The van der Waals surface area contributed by atoms with Crippen molar-refractivity contribution in [3.8, 4) is 5.75 Å². The van der Waals surface area contributed by atoms with E-state index in [0.29, 0.717) is 11.7 Å². The van der Waals surface area contributed by atoms with E-state index in [9.17, 15) is 4.79 Å². The fourth-order valence-electron chi connectivity index (χ4n) is 2.97. The van der Waals surface area contributed by atoms with Gasteiger partial charge in [-0.05, 0) is 42.5 Å². The molecule has 0 amide bonds. The predicted octanol–water partition coefficient (Wildman–Crippen LogP) is 3.94. The van der Waals surface area contributed by atoms with E-state index in [0.717, 1.165) is 35.4 Å². The Morgan fingerprint density at radius 2 is 2.00 bits per heavy atom. The zero-order chi connectivity index (χ0) is 17.2. The molecule has 0 spiro atoms. The molecule has 4 rings (SSSR count). The smallest absolute Gasteiger partial charge is 0.185 e. The largest absolute Gasteiger partial charge is 0.497 e. The lowest BCUT2D eigenvalue weighted by Gasteiger charge is -2.00. The topological polar surface area (TPSA) is 43.8 Å². The van der Waals surface area contributed by atoms with Crippen molar-refractivity contribution in [1.82, 2.24) is 4.57 Å². The van der Waals surface area contributed by atoms with E-state index in [2.05, 4.69) is 22.9 Å². The second kappa shape index (κ2) is 6.57. The van der Waals surface area contributed by atoms with Crippen molar-refractivity contribution >= 4 is 22.8 Å². The highest BCUT2D eigenvalue weighted by Crippen LogP contribution is 2.25. The third kappa shape index (κ3) is 3.35. The number of methoxy groups -OCH3 is 1. The van der Waals surface area contributed by atoms with Crippen LogP contribution in [0.25, 0.3) is 17.0 Å². The quantitative estimate of drug-likeness (QED) is 0.390. The minimum absolute atomic E-state index is 0.0231. The summed E-state index contributed by atoms with van der Waals surface area (Å²) in [5.74, 6) is 0.718. The molecule has 25 heavy (non-hydrogen) atoms. The van der Waals surface area contributed by atoms with Crippen LogP contribution in [0.1, 0.15) is 15.9 Å². The van der Waals surface area contributed by atoms with Crippen LogP contribution in [0.15, 0.2) is 60.8 Å². The summed E-state index contributed by atoms with van der Waals surface area (Å²) in [7, 11) is 1.61. The number of carbonyl (C=O) groups excluding carboxylic acids is 1. The van der Waals surface area contributed by atoms with Crippen LogP contribution in [0, 0.1) is 0 Å². The van der Waals surface area contributed by atoms with Crippen molar-refractivity contribution < 1.29 is 14.3 Å². The molecule has 0 radical (unpaired) electrons. The van der Waals surface area contributed by atoms with Gasteiger partial charge in [0.15, 0.2) is 5.78 Å². The minimum Gasteiger partial charge on any atom is -0.497 e. The first kappa shape index (κ1) is 15.7. The lowest BCUT2D eigenvalue weighted by molar-refractivity contribution is 0.104. The molecule has 0 aliphatic carbocycles. The number of epoxide rings is 1. The van der Waals surface area contributed by atoms with Gasteiger partial charge in [-0.2, -0.15) is 0 Å². The number of rotatable bonds is 6. The lowest BCUT2D eigenvalue weighted by atomic mass is 10.1. The van der Waals surface area contributed by atoms with Gasteiger partial charge in [-0.15, -0.1) is 0 Å². The van der Waals surface area contributed by atoms with Gasteiger partial charge in [-0.25, -0.2) is 0 Å². The molecule has 2 heterocycles. The number of para-hydroxylation sites is 1. The van der Waals surface area contributed by atoms with E-state index in [-0.39, 0.29) is 5.78 Å². The molecule has 1 aromatic heterocycles. The van der Waals surface area contributed by atoms with E-state index in [1.807, 2.05) is 18.2 Å². The van der Waals surface area contributed by atoms with E-state index < -0.39 is 0 Å². The average Bonchev–Trinajstić information content (AvgIpc) is 3.41. The molecule has 0 saturated carbocycles. The second-order valence-corrected chi connectivity index (χ2v) is 6.14. The van der Waals surface area contributed by atoms with Crippen molar-refractivity contribution in [1.29, 1.82) is 0 Å². The summed E-state index contributed by atoms with van der Waals surface area (Å²) in [6.07, 6.45) is 5.92. The van der Waals surface area contributed by atoms with Gasteiger partial charge in [0.05, 0.1) is 26.4 Å². The van der Waals surface area contributed by atoms with Crippen LogP contribution < -0.4 is 4.74 Å². The molecule has 2 aromatic carbocycles. The van der Waals surface area contributed by atoms with Gasteiger partial charge in [0, 0.05) is 28.2 Å². The summed E-state index contributed by atoms with van der Waals surface area (Å²) < 4.78 is 12.7. The molecular formula is C21H19NO3. The van der Waals surface area contributed by atoms with Crippen molar-refractivity contribution in [2.45, 2.75) is 12.6 Å². The number of carbonyl (C=O) groups is 1. The van der Waals surface area contributed by atoms with Crippen LogP contribution in [0.4, 0.5) is 0 Å².